The SMILES string of the molecule is CCCOc1ccc([C@H](N)C(C)C)cc1C. The number of ether oxygens (including phenoxy) is 1. The molecule has 0 unspecified atom stereocenters. The van der Waals surface area contributed by atoms with E-state index in [1.165, 1.54) is 11.1 Å². The van der Waals surface area contributed by atoms with Crippen LogP contribution in [0, 0.1) is 12.8 Å². The maximum atomic E-state index is 6.12. The molecule has 0 aliphatic carbocycles. The van der Waals surface area contributed by atoms with Crippen LogP contribution in [-0.2, 0) is 0 Å². The highest BCUT2D eigenvalue weighted by Crippen LogP contribution is 2.25. The van der Waals surface area contributed by atoms with Crippen molar-refractivity contribution in [3.63, 3.8) is 0 Å². The summed E-state index contributed by atoms with van der Waals surface area (Å²) in [6.07, 6.45) is 1.03. The molecule has 1 atom stereocenters. The molecule has 0 aliphatic heterocycles. The summed E-state index contributed by atoms with van der Waals surface area (Å²) in [5.74, 6) is 1.43. The van der Waals surface area contributed by atoms with Crippen molar-refractivity contribution < 1.29 is 4.74 Å². The van der Waals surface area contributed by atoms with E-state index < -0.39 is 0 Å². The van der Waals surface area contributed by atoms with Gasteiger partial charge in [0, 0.05) is 6.04 Å². The van der Waals surface area contributed by atoms with Crippen LogP contribution in [0.25, 0.3) is 0 Å². The predicted octanol–water partition coefficient (Wildman–Crippen LogP) is 3.44. The maximum Gasteiger partial charge on any atom is 0.122 e. The van der Waals surface area contributed by atoms with E-state index in [1.54, 1.807) is 0 Å². The van der Waals surface area contributed by atoms with E-state index in [-0.39, 0.29) is 6.04 Å². The third-order valence-electron chi connectivity index (χ3n) is 2.76. The zero-order chi connectivity index (χ0) is 12.1. The van der Waals surface area contributed by atoms with Gasteiger partial charge in [-0.15, -0.1) is 0 Å². The molecule has 2 heteroatoms. The minimum absolute atomic E-state index is 0.110. The molecule has 0 amide bonds. The van der Waals surface area contributed by atoms with Gasteiger partial charge in [0.25, 0.3) is 0 Å². The van der Waals surface area contributed by atoms with Gasteiger partial charge in [0.15, 0.2) is 0 Å². The minimum Gasteiger partial charge on any atom is -0.493 e. The molecule has 0 heterocycles. The molecule has 1 aromatic carbocycles. The Kier molecular flexibility index (Phi) is 4.81. The van der Waals surface area contributed by atoms with E-state index in [0.717, 1.165) is 18.8 Å². The number of aryl methyl sites for hydroxylation is 1. The van der Waals surface area contributed by atoms with Gasteiger partial charge in [-0.1, -0.05) is 32.9 Å². The highest BCUT2D eigenvalue weighted by Gasteiger charge is 2.11. The van der Waals surface area contributed by atoms with Crippen LogP contribution in [0.1, 0.15) is 44.4 Å². The molecule has 0 radical (unpaired) electrons. The standard InChI is InChI=1S/C14H23NO/c1-5-8-16-13-7-6-12(9-11(13)4)14(15)10(2)3/h6-7,9-10,14H,5,8,15H2,1-4H3/t14-/m1/s1. The van der Waals surface area contributed by atoms with Crippen molar-refractivity contribution in [2.45, 2.75) is 40.2 Å². The Morgan fingerprint density at radius 2 is 2.00 bits per heavy atom. The van der Waals surface area contributed by atoms with Crippen molar-refractivity contribution in [2.75, 3.05) is 6.61 Å². The van der Waals surface area contributed by atoms with E-state index in [1.807, 2.05) is 6.07 Å². The first-order chi connectivity index (χ1) is 7.56. The van der Waals surface area contributed by atoms with Crippen LogP contribution in [0.4, 0.5) is 0 Å². The fourth-order valence-corrected chi connectivity index (χ4v) is 1.64. The fourth-order valence-electron chi connectivity index (χ4n) is 1.64. The molecule has 1 rings (SSSR count). The van der Waals surface area contributed by atoms with Crippen LogP contribution in [-0.4, -0.2) is 6.61 Å². The van der Waals surface area contributed by atoms with Crippen LogP contribution in [0.3, 0.4) is 0 Å². The normalized spacial score (nSPS) is 12.9. The Balaban J connectivity index is 2.82. The Morgan fingerprint density at radius 1 is 1.31 bits per heavy atom. The van der Waals surface area contributed by atoms with Gasteiger partial charge in [-0.2, -0.15) is 0 Å². The van der Waals surface area contributed by atoms with E-state index in [2.05, 4.69) is 39.8 Å². The van der Waals surface area contributed by atoms with Crippen LogP contribution < -0.4 is 10.5 Å². The summed E-state index contributed by atoms with van der Waals surface area (Å²) in [6, 6.07) is 6.35. The number of nitrogens with two attached hydrogens (primary N) is 1. The van der Waals surface area contributed by atoms with Gasteiger partial charge in [-0.05, 0) is 36.5 Å². The van der Waals surface area contributed by atoms with Crippen molar-refractivity contribution in [1.29, 1.82) is 0 Å². The molecular weight excluding hydrogens is 198 g/mol. The van der Waals surface area contributed by atoms with Crippen molar-refractivity contribution in [2.24, 2.45) is 11.7 Å². The zero-order valence-corrected chi connectivity index (χ0v) is 10.8. The lowest BCUT2D eigenvalue weighted by Crippen LogP contribution is -2.16. The summed E-state index contributed by atoms with van der Waals surface area (Å²) in [5, 5.41) is 0. The molecule has 0 saturated carbocycles. The molecular formula is C14H23NO. The lowest BCUT2D eigenvalue weighted by atomic mass is 9.95. The molecule has 0 saturated heterocycles. The minimum atomic E-state index is 0.110. The molecule has 1 aromatic rings. The van der Waals surface area contributed by atoms with Gasteiger partial charge in [-0.3, -0.25) is 0 Å². The smallest absolute Gasteiger partial charge is 0.122 e. The molecule has 0 spiro atoms. The lowest BCUT2D eigenvalue weighted by Gasteiger charge is -2.17. The highest BCUT2D eigenvalue weighted by molar-refractivity contribution is 5.37. The number of benzene rings is 1. The highest BCUT2D eigenvalue weighted by atomic mass is 16.5. The van der Waals surface area contributed by atoms with Gasteiger partial charge in [0.05, 0.1) is 6.61 Å². The fraction of sp³-hybridized carbons (Fsp3) is 0.571. The average Bonchev–Trinajstić information content (AvgIpc) is 2.26. The third kappa shape index (κ3) is 3.24. The topological polar surface area (TPSA) is 35.2 Å². The average molecular weight is 221 g/mol. The largest absolute Gasteiger partial charge is 0.493 e. The summed E-state index contributed by atoms with van der Waals surface area (Å²) in [5.41, 5.74) is 8.48. The number of rotatable bonds is 5. The molecule has 0 bridgehead atoms. The van der Waals surface area contributed by atoms with Gasteiger partial charge >= 0.3 is 0 Å². The van der Waals surface area contributed by atoms with Crippen molar-refractivity contribution >= 4 is 0 Å². The van der Waals surface area contributed by atoms with Gasteiger partial charge in [-0.25, -0.2) is 0 Å². The van der Waals surface area contributed by atoms with Crippen molar-refractivity contribution in [3.05, 3.63) is 29.3 Å². The molecule has 16 heavy (non-hydrogen) atoms. The zero-order valence-electron chi connectivity index (χ0n) is 10.8. The summed E-state index contributed by atoms with van der Waals surface area (Å²) >= 11 is 0. The Labute approximate surface area is 98.8 Å². The molecule has 2 nitrogen and oxygen atoms in total. The summed E-state index contributed by atoms with van der Waals surface area (Å²) < 4.78 is 5.64. The van der Waals surface area contributed by atoms with Crippen molar-refractivity contribution in [1.82, 2.24) is 0 Å². The van der Waals surface area contributed by atoms with E-state index in [0.29, 0.717) is 5.92 Å². The summed E-state index contributed by atoms with van der Waals surface area (Å²) in [6.45, 7) is 9.24. The Hall–Kier alpha value is -1.02. The van der Waals surface area contributed by atoms with Gasteiger partial charge in [0.2, 0.25) is 0 Å². The second-order valence-corrected chi connectivity index (χ2v) is 4.64. The first-order valence-electron chi connectivity index (χ1n) is 6.05. The van der Waals surface area contributed by atoms with E-state index in [9.17, 15) is 0 Å². The second-order valence-electron chi connectivity index (χ2n) is 4.64. The molecule has 0 aromatic heterocycles. The number of hydrogen-bond acceptors (Lipinski definition) is 2. The Bertz CT molecular complexity index is 334. The predicted molar refractivity (Wildman–Crippen MR) is 68.7 cm³/mol. The first-order valence-corrected chi connectivity index (χ1v) is 6.05. The summed E-state index contributed by atoms with van der Waals surface area (Å²) in [4.78, 5) is 0. The van der Waals surface area contributed by atoms with Gasteiger partial charge < -0.3 is 10.5 Å². The third-order valence-corrected chi connectivity index (χ3v) is 2.76. The van der Waals surface area contributed by atoms with E-state index in [4.69, 9.17) is 10.5 Å². The second kappa shape index (κ2) is 5.90. The molecule has 0 aliphatic rings. The quantitative estimate of drug-likeness (QED) is 0.826. The van der Waals surface area contributed by atoms with Crippen LogP contribution in [0.2, 0.25) is 0 Å². The van der Waals surface area contributed by atoms with Crippen LogP contribution >= 0.6 is 0 Å². The molecule has 0 fully saturated rings. The number of hydrogen-bond donors (Lipinski definition) is 1. The molecule has 90 valence electrons. The lowest BCUT2D eigenvalue weighted by molar-refractivity contribution is 0.315. The van der Waals surface area contributed by atoms with Crippen LogP contribution in [0.15, 0.2) is 18.2 Å². The monoisotopic (exact) mass is 221 g/mol. The Morgan fingerprint density at radius 3 is 2.50 bits per heavy atom. The van der Waals surface area contributed by atoms with Gasteiger partial charge in [0.1, 0.15) is 5.75 Å². The molecule has 2 N–H and O–H groups in total. The summed E-state index contributed by atoms with van der Waals surface area (Å²) in [7, 11) is 0. The maximum absolute atomic E-state index is 6.12. The first kappa shape index (κ1) is 13.0. The van der Waals surface area contributed by atoms with E-state index >= 15 is 0 Å². The van der Waals surface area contributed by atoms with Crippen molar-refractivity contribution in [3.8, 4) is 5.75 Å². The van der Waals surface area contributed by atoms with Crippen LogP contribution in [0.5, 0.6) is 5.75 Å².